The molecular weight excluding hydrogens is 687 g/mol. The first-order valence-corrected chi connectivity index (χ1v) is 17.2. The van der Waals surface area contributed by atoms with Gasteiger partial charge in [-0.25, -0.2) is 0 Å². The molecule has 2 aliphatic heterocycles. The minimum atomic E-state index is -5.07. The number of likely N-dealkylation sites (tertiary alicyclic amines) is 1. The average Bonchev–Trinajstić information content (AvgIpc) is 3.32. The third-order valence-corrected chi connectivity index (χ3v) is 10.5. The van der Waals surface area contributed by atoms with Crippen molar-refractivity contribution in [2.24, 2.45) is 0 Å². The first-order chi connectivity index (χ1) is 22.0. The van der Waals surface area contributed by atoms with Gasteiger partial charge in [0.2, 0.25) is 0 Å². The Labute approximate surface area is 282 Å². The van der Waals surface area contributed by atoms with Gasteiger partial charge < -0.3 is 14.4 Å². The number of alkyl halides is 6. The summed E-state index contributed by atoms with van der Waals surface area (Å²) in [6.45, 7) is 2.81. The summed E-state index contributed by atoms with van der Waals surface area (Å²) in [5.74, 6) is -1.36. The monoisotopic (exact) mass is 719 g/mol. The second-order valence-corrected chi connectivity index (χ2v) is 14.4. The normalized spacial score (nSPS) is 17.9. The van der Waals surface area contributed by atoms with E-state index in [2.05, 4.69) is 11.0 Å². The summed E-state index contributed by atoms with van der Waals surface area (Å²) in [5.41, 5.74) is -1.04. The van der Waals surface area contributed by atoms with Gasteiger partial charge in [-0.05, 0) is 92.5 Å². The van der Waals surface area contributed by atoms with E-state index in [1.165, 1.54) is 12.6 Å². The highest BCUT2D eigenvalue weighted by molar-refractivity contribution is 7.92. The van der Waals surface area contributed by atoms with Gasteiger partial charge in [-0.15, -0.1) is 0 Å². The fourth-order valence-corrected chi connectivity index (χ4v) is 8.08. The molecule has 3 aromatic carbocycles. The van der Waals surface area contributed by atoms with Crippen LogP contribution in [0.15, 0.2) is 60.7 Å². The summed E-state index contributed by atoms with van der Waals surface area (Å²) in [4.78, 5) is 16.8. The van der Waals surface area contributed by atoms with Crippen LogP contribution in [0.5, 0.6) is 0 Å². The molecule has 2 atom stereocenters. The molecule has 47 heavy (non-hydrogen) atoms. The number of anilines is 1. The molecule has 14 heteroatoms. The zero-order valence-electron chi connectivity index (χ0n) is 25.6. The zero-order valence-corrected chi connectivity index (χ0v) is 27.9. The van der Waals surface area contributed by atoms with Crippen LogP contribution in [0.1, 0.15) is 57.8 Å². The van der Waals surface area contributed by atoms with Crippen molar-refractivity contribution in [1.82, 2.24) is 9.80 Å². The van der Waals surface area contributed by atoms with E-state index >= 15 is 0 Å². The number of hydrogen-bond acceptors (Lipinski definition) is 4. The zero-order chi connectivity index (χ0) is 34.3. The highest BCUT2D eigenvalue weighted by Crippen LogP contribution is 2.48. The summed E-state index contributed by atoms with van der Waals surface area (Å²) in [6, 6.07) is 13.9. The lowest BCUT2D eigenvalue weighted by molar-refractivity contribution is -0.143. The summed E-state index contributed by atoms with van der Waals surface area (Å²) < 4.78 is 95.3. The van der Waals surface area contributed by atoms with Crippen molar-refractivity contribution >= 4 is 46.2 Å². The standard InChI is InChI=1S/C33H33Cl2F6N3O2S/c1-42(30(45)23-13-24(32(36,37)38)17-25(14-23)33(39,40)41)19-21(22-15-26(34)18-27(35)16-22)7-10-43-11-8-31(9-12-43)20-44(47(2)46)29-6-4-3-5-28(29)31/h3-6,13-18,21H,7-12,19-20H2,1-2H3/t21-,47?/m1/s1. The topological polar surface area (TPSA) is 49.9 Å². The van der Waals surface area contributed by atoms with Crippen LogP contribution >= 0.6 is 23.2 Å². The fourth-order valence-electron chi connectivity index (χ4n) is 6.67. The van der Waals surface area contributed by atoms with Crippen molar-refractivity contribution in [2.45, 2.75) is 42.9 Å². The lowest BCUT2D eigenvalue weighted by Crippen LogP contribution is -2.46. The third-order valence-electron chi connectivity index (χ3n) is 9.14. The van der Waals surface area contributed by atoms with Crippen LogP contribution in [0.25, 0.3) is 0 Å². The third kappa shape index (κ3) is 7.99. The van der Waals surface area contributed by atoms with Gasteiger partial charge in [-0.3, -0.25) is 4.79 Å². The highest BCUT2D eigenvalue weighted by Gasteiger charge is 2.47. The number of piperidine rings is 1. The second-order valence-electron chi connectivity index (χ2n) is 12.3. The molecular formula is C33H33Cl2F6N3O2S. The number of benzene rings is 3. The minimum absolute atomic E-state index is 0.000338. The van der Waals surface area contributed by atoms with Gasteiger partial charge in [0, 0.05) is 40.5 Å². The van der Waals surface area contributed by atoms with Crippen LogP contribution < -0.4 is 4.31 Å². The molecule has 0 aromatic heterocycles. The molecule has 5 nitrogen and oxygen atoms in total. The van der Waals surface area contributed by atoms with E-state index in [0.29, 0.717) is 47.3 Å². The molecule has 1 spiro atoms. The lowest BCUT2D eigenvalue weighted by Gasteiger charge is -2.40. The molecule has 1 saturated heterocycles. The molecule has 0 bridgehead atoms. The summed E-state index contributed by atoms with van der Waals surface area (Å²) >= 11 is 11.4. The van der Waals surface area contributed by atoms with E-state index in [-0.39, 0.29) is 23.9 Å². The maximum absolute atomic E-state index is 13.5. The number of fused-ring (bicyclic) bond motifs is 2. The number of rotatable bonds is 8. The Morgan fingerprint density at radius 2 is 1.53 bits per heavy atom. The van der Waals surface area contributed by atoms with E-state index in [0.717, 1.165) is 36.5 Å². The quantitative estimate of drug-likeness (QED) is 0.173. The molecule has 2 heterocycles. The van der Waals surface area contributed by atoms with E-state index in [1.54, 1.807) is 24.5 Å². The molecule has 254 valence electrons. The molecule has 1 unspecified atom stereocenters. The van der Waals surface area contributed by atoms with Gasteiger partial charge in [0.15, 0.2) is 0 Å². The average molecular weight is 721 g/mol. The second kappa shape index (κ2) is 13.7. The largest absolute Gasteiger partial charge is 0.593 e. The van der Waals surface area contributed by atoms with Gasteiger partial charge in [0.25, 0.3) is 5.91 Å². The SMILES string of the molecule is CN(C[C@@H](CCN1CCC2(CC1)CN([S+](C)[O-])c1ccccc12)c1cc(Cl)cc(Cl)c1)C(=O)c1cc(C(F)(F)F)cc(C(F)(F)F)c1. The van der Waals surface area contributed by atoms with E-state index in [9.17, 15) is 35.7 Å². The number of carbonyl (C=O) groups is 1. The predicted molar refractivity (Wildman–Crippen MR) is 172 cm³/mol. The van der Waals surface area contributed by atoms with Crippen molar-refractivity contribution in [1.29, 1.82) is 0 Å². The smallest absolute Gasteiger partial charge is 0.416 e. The van der Waals surface area contributed by atoms with E-state index in [4.69, 9.17) is 23.2 Å². The Hall–Kier alpha value is -2.64. The number of likely N-dealkylation sites (N-methyl/N-ethyl adjacent to an activating group) is 1. The Bertz CT molecular complexity index is 1560. The van der Waals surface area contributed by atoms with Gasteiger partial charge in [0.05, 0.1) is 34.7 Å². The maximum atomic E-state index is 13.5. The number of hydrogen-bond donors (Lipinski definition) is 0. The molecule has 0 aliphatic carbocycles. The van der Waals surface area contributed by atoms with Crippen LogP contribution in [-0.2, 0) is 29.1 Å². The van der Waals surface area contributed by atoms with Crippen molar-refractivity contribution < 1.29 is 35.7 Å². The Morgan fingerprint density at radius 3 is 2.09 bits per heavy atom. The van der Waals surface area contributed by atoms with E-state index in [1.807, 2.05) is 22.5 Å². The number of amides is 1. The minimum Gasteiger partial charge on any atom is -0.593 e. The molecule has 0 N–H and O–H groups in total. The molecule has 5 rings (SSSR count). The first kappa shape index (κ1) is 35.7. The van der Waals surface area contributed by atoms with Crippen molar-refractivity contribution in [2.75, 3.05) is 50.3 Å². The van der Waals surface area contributed by atoms with Crippen molar-refractivity contribution in [3.05, 3.63) is 98.5 Å². The molecule has 3 aromatic rings. The molecule has 0 radical (unpaired) electrons. The van der Waals surface area contributed by atoms with Crippen LogP contribution in [-0.4, -0.2) is 66.3 Å². The van der Waals surface area contributed by atoms with Gasteiger partial charge in [-0.1, -0.05) is 41.4 Å². The Kier molecular flexibility index (Phi) is 10.4. The van der Waals surface area contributed by atoms with Crippen LogP contribution in [0.3, 0.4) is 0 Å². The van der Waals surface area contributed by atoms with Crippen molar-refractivity contribution in [3.8, 4) is 0 Å². The number of carbonyl (C=O) groups excluding carboxylic acids is 1. The predicted octanol–water partition coefficient (Wildman–Crippen LogP) is 8.42. The van der Waals surface area contributed by atoms with Gasteiger partial charge in [0.1, 0.15) is 6.26 Å². The van der Waals surface area contributed by atoms with Crippen molar-refractivity contribution in [3.63, 3.8) is 0 Å². The van der Waals surface area contributed by atoms with Crippen LogP contribution in [0.4, 0.5) is 32.0 Å². The van der Waals surface area contributed by atoms with Gasteiger partial charge >= 0.3 is 12.4 Å². The number of para-hydroxylation sites is 1. The van der Waals surface area contributed by atoms with E-state index < -0.39 is 46.3 Å². The lowest BCUT2D eigenvalue weighted by atomic mass is 9.74. The number of nitrogens with zero attached hydrogens (tertiary/aromatic N) is 3. The molecule has 2 aliphatic rings. The highest BCUT2D eigenvalue weighted by atomic mass is 35.5. The number of halogens is 8. The summed E-state index contributed by atoms with van der Waals surface area (Å²) in [7, 11) is 1.35. The molecule has 1 fully saturated rings. The first-order valence-electron chi connectivity index (χ1n) is 14.9. The Morgan fingerprint density at radius 1 is 0.957 bits per heavy atom. The molecule has 0 saturated carbocycles. The summed E-state index contributed by atoms with van der Waals surface area (Å²) in [6.07, 6.45) is -6.26. The Balaban J connectivity index is 1.32. The van der Waals surface area contributed by atoms with Crippen LogP contribution in [0.2, 0.25) is 10.0 Å². The summed E-state index contributed by atoms with van der Waals surface area (Å²) in [5, 5.41) is 0.716. The molecule has 1 amide bonds. The van der Waals surface area contributed by atoms with Crippen LogP contribution in [0, 0.1) is 0 Å². The maximum Gasteiger partial charge on any atom is 0.416 e. The fraction of sp³-hybridized carbons (Fsp3) is 0.424. The van der Waals surface area contributed by atoms with Gasteiger partial charge in [-0.2, -0.15) is 30.6 Å².